The van der Waals surface area contributed by atoms with Crippen molar-refractivity contribution in [1.29, 1.82) is 0 Å². The molecule has 0 bridgehead atoms. The molecule has 0 aromatic carbocycles. The van der Waals surface area contributed by atoms with Gasteiger partial charge in [-0.05, 0) is 12.8 Å². The number of nitrogens with one attached hydrogen (secondary N) is 1. The highest BCUT2D eigenvalue weighted by molar-refractivity contribution is 4.98. The first-order chi connectivity index (χ1) is 9.74. The van der Waals surface area contributed by atoms with Crippen LogP contribution >= 0.6 is 0 Å². The lowest BCUT2D eigenvalue weighted by molar-refractivity contribution is 0.0347. The van der Waals surface area contributed by atoms with Crippen LogP contribution in [-0.4, -0.2) is 37.0 Å². The SMILES string of the molecule is C#CC(CCC)NCC(O)COCCCCCCCC. The molecular formula is C17H33NO2. The fourth-order valence-corrected chi connectivity index (χ4v) is 2.07. The number of unbranched alkanes of at least 4 members (excludes halogenated alkanes) is 5. The third-order valence-corrected chi connectivity index (χ3v) is 3.33. The maximum atomic E-state index is 9.78. The largest absolute Gasteiger partial charge is 0.389 e. The van der Waals surface area contributed by atoms with E-state index in [4.69, 9.17) is 11.2 Å². The minimum absolute atomic E-state index is 0.0632. The lowest BCUT2D eigenvalue weighted by atomic mass is 10.1. The average molecular weight is 283 g/mol. The minimum Gasteiger partial charge on any atom is -0.389 e. The maximum absolute atomic E-state index is 9.78. The molecule has 0 fully saturated rings. The van der Waals surface area contributed by atoms with Crippen molar-refractivity contribution in [1.82, 2.24) is 5.32 Å². The van der Waals surface area contributed by atoms with Crippen LogP contribution in [0.5, 0.6) is 0 Å². The molecule has 3 heteroatoms. The highest BCUT2D eigenvalue weighted by Crippen LogP contribution is 2.05. The van der Waals surface area contributed by atoms with E-state index in [0.717, 1.165) is 25.9 Å². The zero-order chi connectivity index (χ0) is 15.1. The number of hydrogen-bond acceptors (Lipinski definition) is 3. The fourth-order valence-electron chi connectivity index (χ4n) is 2.07. The van der Waals surface area contributed by atoms with Gasteiger partial charge in [0.25, 0.3) is 0 Å². The molecule has 0 saturated carbocycles. The van der Waals surface area contributed by atoms with Crippen molar-refractivity contribution >= 4 is 0 Å². The maximum Gasteiger partial charge on any atom is 0.0898 e. The molecule has 118 valence electrons. The monoisotopic (exact) mass is 283 g/mol. The summed E-state index contributed by atoms with van der Waals surface area (Å²) < 4.78 is 5.49. The van der Waals surface area contributed by atoms with Gasteiger partial charge in [-0.25, -0.2) is 0 Å². The van der Waals surface area contributed by atoms with Gasteiger partial charge in [-0.1, -0.05) is 58.3 Å². The number of terminal acetylenes is 1. The standard InChI is InChI=1S/C17H33NO2/c1-4-7-8-9-10-11-13-20-15-17(19)14-18-16(6-3)12-5-2/h3,16-19H,4-5,7-15H2,1-2H3. The number of ether oxygens (including phenoxy) is 1. The third kappa shape index (κ3) is 12.5. The van der Waals surface area contributed by atoms with Gasteiger partial charge in [0, 0.05) is 13.2 Å². The second-order valence-electron chi connectivity index (χ2n) is 5.41. The molecule has 0 aromatic heterocycles. The van der Waals surface area contributed by atoms with Crippen LogP contribution in [-0.2, 0) is 4.74 Å². The molecule has 0 aliphatic heterocycles. The smallest absolute Gasteiger partial charge is 0.0898 e. The van der Waals surface area contributed by atoms with Gasteiger partial charge in [0.2, 0.25) is 0 Å². The molecule has 2 unspecified atom stereocenters. The van der Waals surface area contributed by atoms with Crippen LogP contribution in [0.1, 0.15) is 65.2 Å². The van der Waals surface area contributed by atoms with Gasteiger partial charge in [0.05, 0.1) is 18.8 Å². The Labute approximate surface area is 125 Å². The Hall–Kier alpha value is -0.560. The van der Waals surface area contributed by atoms with Crippen LogP contribution in [0, 0.1) is 12.3 Å². The van der Waals surface area contributed by atoms with E-state index in [1.165, 1.54) is 32.1 Å². The van der Waals surface area contributed by atoms with Crippen molar-refractivity contribution in [2.24, 2.45) is 0 Å². The molecule has 0 heterocycles. The summed E-state index contributed by atoms with van der Waals surface area (Å²) in [5.41, 5.74) is 0. The van der Waals surface area contributed by atoms with E-state index in [1.54, 1.807) is 0 Å². The molecule has 2 atom stereocenters. The van der Waals surface area contributed by atoms with Crippen LogP contribution < -0.4 is 5.32 Å². The van der Waals surface area contributed by atoms with Crippen molar-refractivity contribution in [2.75, 3.05) is 19.8 Å². The van der Waals surface area contributed by atoms with Crippen molar-refractivity contribution in [3.8, 4) is 12.3 Å². The van der Waals surface area contributed by atoms with Gasteiger partial charge in [-0.15, -0.1) is 6.42 Å². The topological polar surface area (TPSA) is 41.5 Å². The van der Waals surface area contributed by atoms with E-state index < -0.39 is 6.10 Å². The quantitative estimate of drug-likeness (QED) is 0.380. The molecule has 0 radical (unpaired) electrons. The predicted octanol–water partition coefficient (Wildman–Crippen LogP) is 3.12. The molecule has 20 heavy (non-hydrogen) atoms. The summed E-state index contributed by atoms with van der Waals surface area (Å²) in [5.74, 6) is 2.70. The molecule has 0 spiro atoms. The van der Waals surface area contributed by atoms with Crippen LogP contribution in [0.15, 0.2) is 0 Å². The highest BCUT2D eigenvalue weighted by atomic mass is 16.5. The Morgan fingerprint density at radius 1 is 1.10 bits per heavy atom. The van der Waals surface area contributed by atoms with Crippen molar-refractivity contribution in [3.63, 3.8) is 0 Å². The van der Waals surface area contributed by atoms with E-state index in [2.05, 4.69) is 25.1 Å². The second-order valence-corrected chi connectivity index (χ2v) is 5.41. The first-order valence-electron chi connectivity index (χ1n) is 8.19. The Morgan fingerprint density at radius 2 is 1.80 bits per heavy atom. The summed E-state index contributed by atoms with van der Waals surface area (Å²) in [6.07, 6.45) is 14.5. The van der Waals surface area contributed by atoms with Gasteiger partial charge in [0.1, 0.15) is 0 Å². The molecule has 0 amide bonds. The van der Waals surface area contributed by atoms with Crippen LogP contribution in [0.25, 0.3) is 0 Å². The normalized spacial score (nSPS) is 13.9. The molecule has 0 aliphatic carbocycles. The predicted molar refractivity (Wildman–Crippen MR) is 85.7 cm³/mol. The molecule has 2 N–H and O–H groups in total. The fraction of sp³-hybridized carbons (Fsp3) is 0.882. The van der Waals surface area contributed by atoms with Crippen LogP contribution in [0.3, 0.4) is 0 Å². The lowest BCUT2D eigenvalue weighted by Gasteiger charge is -2.16. The van der Waals surface area contributed by atoms with E-state index in [0.29, 0.717) is 13.2 Å². The zero-order valence-corrected chi connectivity index (χ0v) is 13.4. The Morgan fingerprint density at radius 3 is 2.45 bits per heavy atom. The summed E-state index contributed by atoms with van der Waals surface area (Å²) in [5, 5.41) is 13.0. The van der Waals surface area contributed by atoms with Crippen LogP contribution in [0.4, 0.5) is 0 Å². The lowest BCUT2D eigenvalue weighted by Crippen LogP contribution is -2.36. The first-order valence-corrected chi connectivity index (χ1v) is 8.19. The molecule has 0 aromatic rings. The minimum atomic E-state index is -0.470. The molecule has 3 nitrogen and oxygen atoms in total. The molecule has 0 saturated heterocycles. The summed E-state index contributed by atoms with van der Waals surface area (Å²) in [7, 11) is 0. The van der Waals surface area contributed by atoms with Gasteiger partial charge < -0.3 is 15.2 Å². The van der Waals surface area contributed by atoms with Gasteiger partial charge in [-0.2, -0.15) is 0 Å². The number of rotatable bonds is 14. The molecule has 0 aliphatic rings. The summed E-state index contributed by atoms with van der Waals surface area (Å²) in [6, 6.07) is 0.0632. The Kier molecular flexibility index (Phi) is 14.4. The van der Waals surface area contributed by atoms with Crippen molar-refractivity contribution < 1.29 is 9.84 Å². The zero-order valence-electron chi connectivity index (χ0n) is 13.4. The molecular weight excluding hydrogens is 250 g/mol. The van der Waals surface area contributed by atoms with E-state index >= 15 is 0 Å². The summed E-state index contributed by atoms with van der Waals surface area (Å²) in [4.78, 5) is 0. The van der Waals surface area contributed by atoms with Gasteiger partial charge >= 0.3 is 0 Å². The Balaban J connectivity index is 3.36. The van der Waals surface area contributed by atoms with E-state index in [1.807, 2.05) is 0 Å². The summed E-state index contributed by atoms with van der Waals surface area (Å²) in [6.45, 7) is 5.98. The second kappa shape index (κ2) is 14.8. The van der Waals surface area contributed by atoms with E-state index in [9.17, 15) is 5.11 Å². The number of hydrogen-bond donors (Lipinski definition) is 2. The first kappa shape index (κ1) is 19.4. The Bertz CT molecular complexity index is 238. The van der Waals surface area contributed by atoms with Gasteiger partial charge in [0.15, 0.2) is 0 Å². The number of aliphatic hydroxyl groups is 1. The average Bonchev–Trinajstić information content (AvgIpc) is 2.46. The number of aliphatic hydroxyl groups excluding tert-OH is 1. The van der Waals surface area contributed by atoms with Crippen LogP contribution in [0.2, 0.25) is 0 Å². The highest BCUT2D eigenvalue weighted by Gasteiger charge is 2.08. The van der Waals surface area contributed by atoms with E-state index in [-0.39, 0.29) is 6.04 Å². The third-order valence-electron chi connectivity index (χ3n) is 3.33. The molecule has 0 rings (SSSR count). The van der Waals surface area contributed by atoms with Crippen molar-refractivity contribution in [3.05, 3.63) is 0 Å². The van der Waals surface area contributed by atoms with Crippen molar-refractivity contribution in [2.45, 2.75) is 77.4 Å². The summed E-state index contributed by atoms with van der Waals surface area (Å²) >= 11 is 0. The van der Waals surface area contributed by atoms with Gasteiger partial charge in [-0.3, -0.25) is 0 Å².